The molecule has 1 amide bonds. The number of aryl methyl sites for hydroxylation is 1. The summed E-state index contributed by atoms with van der Waals surface area (Å²) < 4.78 is 1.55. The van der Waals surface area contributed by atoms with Crippen LogP contribution in [0.2, 0.25) is 0 Å². The van der Waals surface area contributed by atoms with Crippen molar-refractivity contribution in [3.05, 3.63) is 40.1 Å². The van der Waals surface area contributed by atoms with Gasteiger partial charge in [0.25, 0.3) is 11.5 Å². The Bertz CT molecular complexity index is 794. The van der Waals surface area contributed by atoms with Crippen LogP contribution in [0, 0.1) is 0 Å². The number of anilines is 1. The molecule has 128 valence electrons. The number of carbonyl (C=O) groups is 1. The van der Waals surface area contributed by atoms with Crippen molar-refractivity contribution < 1.29 is 4.79 Å². The van der Waals surface area contributed by atoms with Gasteiger partial charge in [-0.15, -0.1) is 0 Å². The maximum atomic E-state index is 12.3. The average Bonchev–Trinajstić information content (AvgIpc) is 3.15. The van der Waals surface area contributed by atoms with Crippen LogP contribution < -0.4 is 15.8 Å². The van der Waals surface area contributed by atoms with E-state index in [9.17, 15) is 9.59 Å². The number of hydrogen-bond acceptors (Lipinski definition) is 5. The number of carbonyl (C=O) groups excluding carboxylic acids is 1. The van der Waals surface area contributed by atoms with Gasteiger partial charge in [-0.3, -0.25) is 19.3 Å². The maximum absolute atomic E-state index is 12.3. The van der Waals surface area contributed by atoms with E-state index in [1.807, 2.05) is 18.7 Å². The molecular weight excluding hydrogens is 308 g/mol. The SMILES string of the molecule is CC(C)c1cc(=O)[nH]c(N2CCC(NC(=O)c3ccnn3C)C2)n1. The van der Waals surface area contributed by atoms with E-state index in [0.717, 1.165) is 18.7 Å². The number of H-pyrrole nitrogens is 1. The average molecular weight is 330 g/mol. The van der Waals surface area contributed by atoms with Gasteiger partial charge in [0.05, 0.1) is 5.69 Å². The quantitative estimate of drug-likeness (QED) is 0.857. The molecule has 1 fully saturated rings. The molecule has 1 unspecified atom stereocenters. The number of hydrogen-bond donors (Lipinski definition) is 2. The van der Waals surface area contributed by atoms with Gasteiger partial charge < -0.3 is 10.2 Å². The molecule has 3 heterocycles. The fourth-order valence-corrected chi connectivity index (χ4v) is 2.84. The van der Waals surface area contributed by atoms with E-state index in [1.54, 1.807) is 24.0 Å². The van der Waals surface area contributed by atoms with Gasteiger partial charge in [-0.1, -0.05) is 13.8 Å². The zero-order valence-corrected chi connectivity index (χ0v) is 14.1. The van der Waals surface area contributed by atoms with E-state index in [1.165, 1.54) is 6.07 Å². The second-order valence-corrected chi connectivity index (χ2v) is 6.39. The van der Waals surface area contributed by atoms with Crippen LogP contribution >= 0.6 is 0 Å². The number of nitrogens with one attached hydrogen (secondary N) is 2. The molecule has 0 spiro atoms. The van der Waals surface area contributed by atoms with E-state index < -0.39 is 0 Å². The van der Waals surface area contributed by atoms with Crippen molar-refractivity contribution in [2.75, 3.05) is 18.0 Å². The largest absolute Gasteiger partial charge is 0.346 e. The van der Waals surface area contributed by atoms with E-state index >= 15 is 0 Å². The van der Waals surface area contributed by atoms with E-state index in [2.05, 4.69) is 20.4 Å². The molecule has 0 aliphatic carbocycles. The van der Waals surface area contributed by atoms with Crippen molar-refractivity contribution in [3.8, 4) is 0 Å². The lowest BCUT2D eigenvalue weighted by Crippen LogP contribution is -2.38. The summed E-state index contributed by atoms with van der Waals surface area (Å²) in [6.45, 7) is 5.37. The minimum atomic E-state index is -0.147. The number of aromatic amines is 1. The van der Waals surface area contributed by atoms with Crippen LogP contribution in [0.3, 0.4) is 0 Å². The monoisotopic (exact) mass is 330 g/mol. The summed E-state index contributed by atoms with van der Waals surface area (Å²) in [5, 5.41) is 7.02. The molecule has 0 radical (unpaired) electrons. The lowest BCUT2D eigenvalue weighted by atomic mass is 10.1. The van der Waals surface area contributed by atoms with Crippen molar-refractivity contribution in [1.29, 1.82) is 0 Å². The summed E-state index contributed by atoms with van der Waals surface area (Å²) in [5.41, 5.74) is 1.16. The summed E-state index contributed by atoms with van der Waals surface area (Å²) in [4.78, 5) is 33.4. The highest BCUT2D eigenvalue weighted by molar-refractivity contribution is 5.92. The molecule has 0 bridgehead atoms. The third-order valence-electron chi connectivity index (χ3n) is 4.22. The van der Waals surface area contributed by atoms with E-state index in [4.69, 9.17) is 0 Å². The van der Waals surface area contributed by atoms with Gasteiger partial charge in [0.2, 0.25) is 5.95 Å². The van der Waals surface area contributed by atoms with Crippen LogP contribution in [0.1, 0.15) is 42.4 Å². The van der Waals surface area contributed by atoms with Gasteiger partial charge in [0, 0.05) is 38.4 Å². The van der Waals surface area contributed by atoms with E-state index in [-0.39, 0.29) is 23.4 Å². The lowest BCUT2D eigenvalue weighted by Gasteiger charge is -2.18. The van der Waals surface area contributed by atoms with Crippen molar-refractivity contribution in [2.45, 2.75) is 32.2 Å². The van der Waals surface area contributed by atoms with Crippen LogP contribution in [0.4, 0.5) is 5.95 Å². The fourth-order valence-electron chi connectivity index (χ4n) is 2.84. The molecule has 8 nitrogen and oxygen atoms in total. The summed E-state index contributed by atoms with van der Waals surface area (Å²) in [7, 11) is 1.74. The Labute approximate surface area is 139 Å². The van der Waals surface area contributed by atoms with Crippen molar-refractivity contribution in [3.63, 3.8) is 0 Å². The molecule has 1 aliphatic rings. The van der Waals surface area contributed by atoms with Crippen LogP contribution in [0.15, 0.2) is 23.1 Å². The molecule has 8 heteroatoms. The predicted octanol–water partition coefficient (Wildman–Crippen LogP) is 0.635. The molecule has 3 rings (SSSR count). The third-order valence-corrected chi connectivity index (χ3v) is 4.22. The molecule has 0 aromatic carbocycles. The van der Waals surface area contributed by atoms with Crippen LogP contribution in [-0.4, -0.2) is 44.8 Å². The molecule has 24 heavy (non-hydrogen) atoms. The second-order valence-electron chi connectivity index (χ2n) is 6.39. The lowest BCUT2D eigenvalue weighted by molar-refractivity contribution is 0.0931. The summed E-state index contributed by atoms with van der Waals surface area (Å²) in [5.74, 6) is 0.622. The van der Waals surface area contributed by atoms with Crippen LogP contribution in [-0.2, 0) is 7.05 Å². The predicted molar refractivity (Wildman–Crippen MR) is 90.2 cm³/mol. The normalized spacial score (nSPS) is 17.5. The fraction of sp³-hybridized carbons (Fsp3) is 0.500. The topological polar surface area (TPSA) is 95.9 Å². The highest BCUT2D eigenvalue weighted by Gasteiger charge is 2.26. The smallest absolute Gasteiger partial charge is 0.269 e. The molecule has 2 N–H and O–H groups in total. The highest BCUT2D eigenvalue weighted by atomic mass is 16.2. The number of aromatic nitrogens is 4. The number of nitrogens with zero attached hydrogens (tertiary/aromatic N) is 4. The van der Waals surface area contributed by atoms with Crippen molar-refractivity contribution in [1.82, 2.24) is 25.1 Å². The van der Waals surface area contributed by atoms with Gasteiger partial charge in [-0.2, -0.15) is 5.10 Å². The maximum Gasteiger partial charge on any atom is 0.269 e. The van der Waals surface area contributed by atoms with Crippen LogP contribution in [0.5, 0.6) is 0 Å². The molecular formula is C16H22N6O2. The summed E-state index contributed by atoms with van der Waals surface area (Å²) in [6.07, 6.45) is 2.40. The summed E-state index contributed by atoms with van der Waals surface area (Å²) in [6, 6.07) is 3.24. The Morgan fingerprint density at radius 2 is 2.25 bits per heavy atom. The zero-order chi connectivity index (χ0) is 17.3. The molecule has 1 aliphatic heterocycles. The number of rotatable bonds is 4. The number of amides is 1. The van der Waals surface area contributed by atoms with Gasteiger partial charge in [0.1, 0.15) is 5.69 Å². The standard InChI is InChI=1S/C16H22N6O2/c1-10(2)12-8-14(23)20-16(19-12)22-7-5-11(9-22)18-15(24)13-4-6-17-21(13)3/h4,6,8,10-11H,5,7,9H2,1-3H3,(H,18,24)(H,19,20,23). The van der Waals surface area contributed by atoms with Crippen molar-refractivity contribution in [2.24, 2.45) is 7.05 Å². The van der Waals surface area contributed by atoms with Gasteiger partial charge in [-0.05, 0) is 18.4 Å². The Balaban J connectivity index is 1.68. The van der Waals surface area contributed by atoms with Gasteiger partial charge in [-0.25, -0.2) is 4.98 Å². The molecule has 2 aromatic rings. The Morgan fingerprint density at radius 3 is 2.92 bits per heavy atom. The minimum absolute atomic E-state index is 0.0143. The van der Waals surface area contributed by atoms with Gasteiger partial charge in [0.15, 0.2) is 0 Å². The van der Waals surface area contributed by atoms with Crippen molar-refractivity contribution >= 4 is 11.9 Å². The Hall–Kier alpha value is -2.64. The summed E-state index contributed by atoms with van der Waals surface area (Å²) >= 11 is 0. The Morgan fingerprint density at radius 1 is 1.46 bits per heavy atom. The zero-order valence-electron chi connectivity index (χ0n) is 14.1. The Kier molecular flexibility index (Phi) is 4.37. The first kappa shape index (κ1) is 16.2. The highest BCUT2D eigenvalue weighted by Crippen LogP contribution is 2.18. The minimum Gasteiger partial charge on any atom is -0.346 e. The molecule has 1 saturated heterocycles. The van der Waals surface area contributed by atoms with E-state index in [0.29, 0.717) is 18.2 Å². The second kappa shape index (κ2) is 6.46. The molecule has 0 saturated carbocycles. The first-order valence-electron chi connectivity index (χ1n) is 8.09. The van der Waals surface area contributed by atoms with Gasteiger partial charge >= 0.3 is 0 Å². The van der Waals surface area contributed by atoms with Crippen LogP contribution in [0.25, 0.3) is 0 Å². The first-order chi connectivity index (χ1) is 11.4. The molecule has 2 aromatic heterocycles. The molecule has 1 atom stereocenters. The third kappa shape index (κ3) is 3.32. The first-order valence-corrected chi connectivity index (χ1v) is 8.09.